The van der Waals surface area contributed by atoms with Crippen molar-refractivity contribution in [2.75, 3.05) is 11.2 Å². The highest BCUT2D eigenvalue weighted by atomic mass is 16.5. The molecule has 3 aromatic rings. The normalized spacial score (nSPS) is 12.1. The summed E-state index contributed by atoms with van der Waals surface area (Å²) in [6.45, 7) is 11.7. The molecule has 3 rings (SSSR count). The van der Waals surface area contributed by atoms with Gasteiger partial charge in [0.1, 0.15) is 11.2 Å². The minimum absolute atomic E-state index is 0.141. The van der Waals surface area contributed by atoms with Gasteiger partial charge in [-0.3, -0.25) is 0 Å². The molecule has 0 bridgehead atoms. The van der Waals surface area contributed by atoms with Crippen LogP contribution < -0.4 is 26.5 Å². The van der Waals surface area contributed by atoms with E-state index in [-0.39, 0.29) is 12.0 Å². The van der Waals surface area contributed by atoms with Crippen LogP contribution in [0, 0.1) is 0 Å². The molecule has 2 aromatic heterocycles. The highest BCUT2D eigenvalue weighted by molar-refractivity contribution is 5.93. The van der Waals surface area contributed by atoms with Crippen LogP contribution in [0.1, 0.15) is 41.5 Å². The maximum absolute atomic E-state index is 6.11. The Balaban J connectivity index is 2.14. The van der Waals surface area contributed by atoms with Gasteiger partial charge in [-0.25, -0.2) is 15.8 Å². The summed E-state index contributed by atoms with van der Waals surface area (Å²) in [7, 11) is 0. The van der Waals surface area contributed by atoms with Crippen LogP contribution in [0.5, 0.6) is 11.9 Å². The van der Waals surface area contributed by atoms with E-state index in [9.17, 15) is 0 Å². The van der Waals surface area contributed by atoms with Gasteiger partial charge in [-0.15, -0.1) is 0 Å². The maximum atomic E-state index is 6.11. The first-order chi connectivity index (χ1) is 13.4. The first kappa shape index (κ1) is 20.5. The predicted molar refractivity (Wildman–Crippen MR) is 114 cm³/mol. The summed E-state index contributed by atoms with van der Waals surface area (Å²) in [5, 5.41) is 0.718. The summed E-state index contributed by atoms with van der Waals surface area (Å²) in [6.07, 6.45) is 1.68. The molecule has 0 saturated carbocycles. The number of nitrogens with zero attached hydrogens (tertiary/aromatic N) is 4. The molecule has 1 aromatic carbocycles. The number of anilines is 2. The zero-order valence-corrected chi connectivity index (χ0v) is 17.6. The standard InChI is InChI=1S/C20H27N7O2/c1-19(2,3)28-16-13(10-23-18(26-16)29-20(4,5)6)11-7-8-14-12(9-11)15(27-22)25-17(21)24-14/h7-10H,22H2,1-6H3,(H3,21,24,25,27). The molecule has 0 aliphatic heterocycles. The van der Waals surface area contributed by atoms with Crippen LogP contribution in [0.25, 0.3) is 22.0 Å². The van der Waals surface area contributed by atoms with Crippen molar-refractivity contribution in [3.63, 3.8) is 0 Å². The Labute approximate surface area is 169 Å². The molecule has 154 valence electrons. The Kier molecular flexibility index (Phi) is 5.18. The smallest absolute Gasteiger partial charge is 0.320 e. The van der Waals surface area contributed by atoms with Crippen molar-refractivity contribution in [1.29, 1.82) is 0 Å². The van der Waals surface area contributed by atoms with Gasteiger partial charge in [-0.2, -0.15) is 9.97 Å². The van der Waals surface area contributed by atoms with Crippen molar-refractivity contribution in [3.8, 4) is 23.0 Å². The lowest BCUT2D eigenvalue weighted by atomic mass is 10.1. The van der Waals surface area contributed by atoms with Gasteiger partial charge >= 0.3 is 6.01 Å². The molecule has 0 fully saturated rings. The number of aromatic nitrogens is 4. The van der Waals surface area contributed by atoms with Crippen LogP contribution in [-0.2, 0) is 0 Å². The summed E-state index contributed by atoms with van der Waals surface area (Å²) in [4.78, 5) is 17.3. The summed E-state index contributed by atoms with van der Waals surface area (Å²) >= 11 is 0. The molecule has 0 aliphatic carbocycles. The predicted octanol–water partition coefficient (Wildman–Crippen LogP) is 3.31. The minimum atomic E-state index is -0.458. The molecule has 5 N–H and O–H groups in total. The molecule has 0 radical (unpaired) electrons. The minimum Gasteiger partial charge on any atom is -0.471 e. The molecular formula is C20H27N7O2. The number of nitrogen functional groups attached to an aromatic ring is 2. The molecule has 0 unspecified atom stereocenters. The van der Waals surface area contributed by atoms with Gasteiger partial charge in [0.25, 0.3) is 0 Å². The molecule has 2 heterocycles. The van der Waals surface area contributed by atoms with Crippen molar-refractivity contribution in [1.82, 2.24) is 19.9 Å². The number of nitrogens with one attached hydrogen (secondary N) is 1. The van der Waals surface area contributed by atoms with Crippen molar-refractivity contribution in [2.24, 2.45) is 5.84 Å². The van der Waals surface area contributed by atoms with Gasteiger partial charge in [0, 0.05) is 11.6 Å². The average molecular weight is 397 g/mol. The zero-order valence-electron chi connectivity index (χ0n) is 17.6. The number of nitrogens with two attached hydrogens (primary N) is 2. The lowest BCUT2D eigenvalue weighted by Gasteiger charge is -2.24. The quantitative estimate of drug-likeness (QED) is 0.447. The molecular weight excluding hydrogens is 370 g/mol. The van der Waals surface area contributed by atoms with Gasteiger partial charge < -0.3 is 20.6 Å². The third kappa shape index (κ3) is 5.00. The molecule has 0 aliphatic rings. The first-order valence-electron chi connectivity index (χ1n) is 9.24. The summed E-state index contributed by atoms with van der Waals surface area (Å²) < 4.78 is 11.9. The van der Waals surface area contributed by atoms with E-state index in [2.05, 4.69) is 25.4 Å². The fraction of sp³-hybridized carbons (Fsp3) is 0.400. The number of benzene rings is 1. The molecule has 29 heavy (non-hydrogen) atoms. The van der Waals surface area contributed by atoms with Gasteiger partial charge in [0.05, 0.1) is 11.1 Å². The summed E-state index contributed by atoms with van der Waals surface area (Å²) in [6, 6.07) is 5.88. The van der Waals surface area contributed by atoms with Crippen LogP contribution >= 0.6 is 0 Å². The number of hydrazine groups is 1. The van der Waals surface area contributed by atoms with E-state index >= 15 is 0 Å². The van der Waals surface area contributed by atoms with E-state index in [0.29, 0.717) is 22.8 Å². The maximum Gasteiger partial charge on any atom is 0.320 e. The number of hydrogen-bond acceptors (Lipinski definition) is 9. The Bertz CT molecular complexity index is 1040. The monoisotopic (exact) mass is 397 g/mol. The van der Waals surface area contributed by atoms with E-state index in [4.69, 9.17) is 21.1 Å². The zero-order chi connectivity index (χ0) is 21.4. The van der Waals surface area contributed by atoms with Crippen LogP contribution in [-0.4, -0.2) is 31.1 Å². The lowest BCUT2D eigenvalue weighted by molar-refractivity contribution is 0.103. The third-order valence-electron chi connectivity index (χ3n) is 3.69. The highest BCUT2D eigenvalue weighted by Crippen LogP contribution is 2.34. The van der Waals surface area contributed by atoms with Crippen LogP contribution in [0.3, 0.4) is 0 Å². The van der Waals surface area contributed by atoms with Crippen molar-refractivity contribution in [3.05, 3.63) is 24.4 Å². The molecule has 0 spiro atoms. The van der Waals surface area contributed by atoms with Crippen LogP contribution in [0.15, 0.2) is 24.4 Å². The van der Waals surface area contributed by atoms with Gasteiger partial charge in [-0.1, -0.05) is 6.07 Å². The molecule has 9 heteroatoms. The summed E-state index contributed by atoms with van der Waals surface area (Å²) in [5.74, 6) is 6.60. The third-order valence-corrected chi connectivity index (χ3v) is 3.69. The Hall–Kier alpha value is -3.20. The fourth-order valence-electron chi connectivity index (χ4n) is 2.66. The van der Waals surface area contributed by atoms with Crippen molar-refractivity contribution < 1.29 is 9.47 Å². The molecule has 0 atom stereocenters. The summed E-state index contributed by atoms with van der Waals surface area (Å²) in [5.41, 5.74) is 9.62. The van der Waals surface area contributed by atoms with Gasteiger partial charge in [-0.05, 0) is 59.2 Å². The number of rotatable bonds is 4. The van der Waals surface area contributed by atoms with Crippen molar-refractivity contribution >= 4 is 22.7 Å². The van der Waals surface area contributed by atoms with E-state index in [1.54, 1.807) is 6.20 Å². The Morgan fingerprint density at radius 3 is 2.24 bits per heavy atom. The topological polar surface area (TPSA) is 134 Å². The Morgan fingerprint density at radius 1 is 0.931 bits per heavy atom. The Morgan fingerprint density at radius 2 is 1.62 bits per heavy atom. The van der Waals surface area contributed by atoms with Gasteiger partial charge in [0.2, 0.25) is 11.8 Å². The number of ether oxygens (including phenoxy) is 2. The average Bonchev–Trinajstić information content (AvgIpc) is 2.58. The van der Waals surface area contributed by atoms with E-state index in [0.717, 1.165) is 10.9 Å². The second-order valence-corrected chi connectivity index (χ2v) is 8.61. The first-order valence-corrected chi connectivity index (χ1v) is 9.24. The van der Waals surface area contributed by atoms with Crippen LogP contribution in [0.4, 0.5) is 11.8 Å². The SMILES string of the molecule is CC(C)(C)Oc1ncc(-c2ccc3nc(N)nc(NN)c3c2)c(OC(C)(C)C)n1. The largest absolute Gasteiger partial charge is 0.471 e. The van der Waals surface area contributed by atoms with E-state index in [1.807, 2.05) is 59.7 Å². The number of fused-ring (bicyclic) bond motifs is 1. The van der Waals surface area contributed by atoms with E-state index < -0.39 is 11.2 Å². The highest BCUT2D eigenvalue weighted by Gasteiger charge is 2.21. The molecule has 9 nitrogen and oxygen atoms in total. The fourth-order valence-corrected chi connectivity index (χ4v) is 2.66. The van der Waals surface area contributed by atoms with Crippen molar-refractivity contribution in [2.45, 2.75) is 52.7 Å². The van der Waals surface area contributed by atoms with Gasteiger partial charge in [0.15, 0.2) is 5.82 Å². The second-order valence-electron chi connectivity index (χ2n) is 8.61. The van der Waals surface area contributed by atoms with Crippen LogP contribution in [0.2, 0.25) is 0 Å². The molecule has 0 amide bonds. The second kappa shape index (κ2) is 7.32. The lowest BCUT2D eigenvalue weighted by Crippen LogP contribution is -2.26. The molecule has 0 saturated heterocycles. The van der Waals surface area contributed by atoms with E-state index in [1.165, 1.54) is 0 Å². The number of hydrogen-bond donors (Lipinski definition) is 3.